The van der Waals surface area contributed by atoms with E-state index in [-0.39, 0.29) is 11.8 Å². The highest BCUT2D eigenvalue weighted by molar-refractivity contribution is 5.94. The van der Waals surface area contributed by atoms with Gasteiger partial charge >= 0.3 is 0 Å². The van der Waals surface area contributed by atoms with Crippen LogP contribution in [0.4, 0.5) is 11.4 Å². The fourth-order valence-corrected chi connectivity index (χ4v) is 2.03. The lowest BCUT2D eigenvalue weighted by atomic mass is 10.1. The van der Waals surface area contributed by atoms with Gasteiger partial charge in [-0.15, -0.1) is 0 Å². The summed E-state index contributed by atoms with van der Waals surface area (Å²) < 4.78 is 0. The summed E-state index contributed by atoms with van der Waals surface area (Å²) in [5.41, 5.74) is 8.40. The van der Waals surface area contributed by atoms with Gasteiger partial charge in [0.15, 0.2) is 5.78 Å². The largest absolute Gasteiger partial charge is 0.399 e. The number of hydrogen-bond acceptors (Lipinski definition) is 4. The van der Waals surface area contributed by atoms with Crippen LogP contribution in [0, 0.1) is 6.92 Å². The van der Waals surface area contributed by atoms with Gasteiger partial charge in [-0.3, -0.25) is 4.79 Å². The lowest BCUT2D eigenvalue weighted by Crippen LogP contribution is -2.29. The number of carbonyl (C=O) groups is 1. The van der Waals surface area contributed by atoms with E-state index in [0.717, 1.165) is 16.9 Å². The molecule has 86 valence electrons. The second kappa shape index (κ2) is 3.79. The van der Waals surface area contributed by atoms with Crippen molar-refractivity contribution in [3.63, 3.8) is 0 Å². The van der Waals surface area contributed by atoms with Crippen LogP contribution >= 0.6 is 0 Å². The Morgan fingerprint density at radius 3 is 2.69 bits per heavy atom. The summed E-state index contributed by atoms with van der Waals surface area (Å²) in [7, 11) is 0. The summed E-state index contributed by atoms with van der Waals surface area (Å²) in [4.78, 5) is 13.4. The first-order valence-corrected chi connectivity index (χ1v) is 5.35. The maximum Gasteiger partial charge on any atom is 0.185 e. The average molecular weight is 220 g/mol. The summed E-state index contributed by atoms with van der Waals surface area (Å²) >= 11 is 0. The topological polar surface area (TPSA) is 66.6 Å². The third-order valence-electron chi connectivity index (χ3n) is 3.16. The zero-order chi connectivity index (χ0) is 11.9. The molecule has 1 aliphatic heterocycles. The van der Waals surface area contributed by atoms with Crippen molar-refractivity contribution >= 4 is 17.2 Å². The molecule has 0 amide bonds. The molecule has 4 nitrogen and oxygen atoms in total. The summed E-state index contributed by atoms with van der Waals surface area (Å²) in [6.07, 6.45) is -0.868. The van der Waals surface area contributed by atoms with E-state index in [1.165, 1.54) is 0 Å². The average Bonchev–Trinajstić information content (AvgIpc) is 2.50. The third kappa shape index (κ3) is 1.65. The number of aliphatic hydroxyl groups is 1. The molecule has 1 aliphatic rings. The summed E-state index contributed by atoms with van der Waals surface area (Å²) in [5, 5.41) is 9.51. The Kier molecular flexibility index (Phi) is 2.59. The number of aliphatic hydroxyl groups excluding tert-OH is 1. The molecular weight excluding hydrogens is 204 g/mol. The minimum absolute atomic E-state index is 0.116. The van der Waals surface area contributed by atoms with Crippen molar-refractivity contribution in [1.82, 2.24) is 0 Å². The minimum atomic E-state index is -0.868. The van der Waals surface area contributed by atoms with E-state index in [2.05, 4.69) is 0 Å². The molecule has 1 heterocycles. The normalized spacial score (nSPS) is 25.2. The van der Waals surface area contributed by atoms with Crippen LogP contribution in [0.25, 0.3) is 0 Å². The number of nitrogens with two attached hydrogens (primary N) is 1. The van der Waals surface area contributed by atoms with Gasteiger partial charge in [-0.05, 0) is 37.6 Å². The Bertz CT molecular complexity index is 431. The van der Waals surface area contributed by atoms with Gasteiger partial charge in [0.1, 0.15) is 6.10 Å². The molecule has 1 aromatic carbocycles. The van der Waals surface area contributed by atoms with Gasteiger partial charge in [-0.1, -0.05) is 0 Å². The molecule has 16 heavy (non-hydrogen) atoms. The van der Waals surface area contributed by atoms with Crippen LogP contribution in [0.1, 0.15) is 12.5 Å². The predicted octanol–water partition coefficient (Wildman–Crippen LogP) is 0.716. The Morgan fingerprint density at radius 1 is 1.50 bits per heavy atom. The summed E-state index contributed by atoms with van der Waals surface area (Å²) in [6.45, 7) is 4.10. The van der Waals surface area contributed by atoms with Crippen LogP contribution < -0.4 is 10.6 Å². The fourth-order valence-electron chi connectivity index (χ4n) is 2.03. The number of Topliss-reactive ketones (excluding diaryl/α,β-unsaturated/α-hetero) is 1. The molecule has 0 spiro atoms. The standard InChI is InChI=1S/C12H16N2O2/c1-7-5-9(3-4-10(7)13)14-6-11(15)12(16)8(14)2/h3-5,8,11,15H,6,13H2,1-2H3. The number of carbonyl (C=O) groups excluding carboxylic acids is 1. The number of rotatable bonds is 1. The lowest BCUT2D eigenvalue weighted by Gasteiger charge is -2.22. The van der Waals surface area contributed by atoms with Crippen molar-refractivity contribution < 1.29 is 9.90 Å². The molecule has 4 heteroatoms. The van der Waals surface area contributed by atoms with Crippen molar-refractivity contribution in [3.05, 3.63) is 23.8 Å². The number of aryl methyl sites for hydroxylation is 1. The van der Waals surface area contributed by atoms with Gasteiger partial charge in [0.2, 0.25) is 0 Å². The Labute approximate surface area is 94.7 Å². The van der Waals surface area contributed by atoms with Gasteiger partial charge < -0.3 is 15.7 Å². The van der Waals surface area contributed by atoms with E-state index in [1.54, 1.807) is 0 Å². The molecule has 0 saturated carbocycles. The van der Waals surface area contributed by atoms with Gasteiger partial charge in [-0.2, -0.15) is 0 Å². The molecule has 3 N–H and O–H groups in total. The second-order valence-electron chi connectivity index (χ2n) is 4.29. The van der Waals surface area contributed by atoms with Crippen LogP contribution in [0.3, 0.4) is 0 Å². The zero-order valence-corrected chi connectivity index (χ0v) is 9.47. The van der Waals surface area contributed by atoms with E-state index in [1.807, 2.05) is 36.9 Å². The summed E-state index contributed by atoms with van der Waals surface area (Å²) in [6, 6.07) is 5.38. The second-order valence-corrected chi connectivity index (χ2v) is 4.29. The van der Waals surface area contributed by atoms with Crippen molar-refractivity contribution in [2.75, 3.05) is 17.2 Å². The maximum absolute atomic E-state index is 11.5. The van der Waals surface area contributed by atoms with Crippen LogP contribution in [0.2, 0.25) is 0 Å². The number of ketones is 1. The van der Waals surface area contributed by atoms with E-state index in [4.69, 9.17) is 5.73 Å². The van der Waals surface area contributed by atoms with Gasteiger partial charge in [0.05, 0.1) is 12.6 Å². The minimum Gasteiger partial charge on any atom is -0.399 e. The Hall–Kier alpha value is -1.55. The predicted molar refractivity (Wildman–Crippen MR) is 63.4 cm³/mol. The van der Waals surface area contributed by atoms with Crippen molar-refractivity contribution in [1.29, 1.82) is 0 Å². The molecule has 0 aliphatic carbocycles. The SMILES string of the molecule is Cc1cc(N2CC(O)C(=O)C2C)ccc1N. The van der Waals surface area contributed by atoms with Crippen molar-refractivity contribution in [2.24, 2.45) is 0 Å². The number of nitrogens with zero attached hydrogens (tertiary/aromatic N) is 1. The summed E-state index contributed by atoms with van der Waals surface area (Å²) in [5.74, 6) is -0.116. The zero-order valence-electron chi connectivity index (χ0n) is 9.47. The smallest absolute Gasteiger partial charge is 0.185 e. The van der Waals surface area contributed by atoms with Crippen molar-refractivity contribution in [2.45, 2.75) is 26.0 Å². The lowest BCUT2D eigenvalue weighted by molar-refractivity contribution is -0.124. The Morgan fingerprint density at radius 2 is 2.19 bits per heavy atom. The molecule has 0 radical (unpaired) electrons. The maximum atomic E-state index is 11.5. The van der Waals surface area contributed by atoms with Gasteiger partial charge in [0, 0.05) is 11.4 Å². The first-order chi connectivity index (χ1) is 7.50. The monoisotopic (exact) mass is 220 g/mol. The number of anilines is 2. The van der Waals surface area contributed by atoms with Crippen LogP contribution in [0.15, 0.2) is 18.2 Å². The van der Waals surface area contributed by atoms with Crippen LogP contribution in [0.5, 0.6) is 0 Å². The molecule has 1 saturated heterocycles. The van der Waals surface area contributed by atoms with E-state index in [0.29, 0.717) is 6.54 Å². The van der Waals surface area contributed by atoms with E-state index in [9.17, 15) is 9.90 Å². The highest BCUT2D eigenvalue weighted by Crippen LogP contribution is 2.26. The molecule has 2 atom stereocenters. The number of benzene rings is 1. The van der Waals surface area contributed by atoms with Gasteiger partial charge in [0.25, 0.3) is 0 Å². The number of hydrogen-bond donors (Lipinski definition) is 2. The molecular formula is C12H16N2O2. The van der Waals surface area contributed by atoms with Gasteiger partial charge in [-0.25, -0.2) is 0 Å². The molecule has 0 bridgehead atoms. The third-order valence-corrected chi connectivity index (χ3v) is 3.16. The number of nitrogen functional groups attached to an aromatic ring is 1. The first kappa shape index (κ1) is 11.0. The highest BCUT2D eigenvalue weighted by atomic mass is 16.3. The highest BCUT2D eigenvalue weighted by Gasteiger charge is 2.36. The molecule has 0 aromatic heterocycles. The Balaban J connectivity index is 2.32. The molecule has 1 aromatic rings. The molecule has 2 unspecified atom stereocenters. The number of β-amino-alcohol motifs (C(OH)–C–C–N with tert-alkyl or cyclic N) is 1. The molecule has 2 rings (SSSR count). The van der Waals surface area contributed by atoms with Crippen molar-refractivity contribution in [3.8, 4) is 0 Å². The quantitative estimate of drug-likeness (QED) is 0.684. The first-order valence-electron chi connectivity index (χ1n) is 5.35. The van der Waals surface area contributed by atoms with Crippen LogP contribution in [-0.4, -0.2) is 29.6 Å². The van der Waals surface area contributed by atoms with E-state index < -0.39 is 6.10 Å². The van der Waals surface area contributed by atoms with E-state index >= 15 is 0 Å². The molecule has 1 fully saturated rings. The van der Waals surface area contributed by atoms with Crippen LogP contribution in [-0.2, 0) is 4.79 Å². The fraction of sp³-hybridized carbons (Fsp3) is 0.417.